The van der Waals surface area contributed by atoms with Crippen molar-refractivity contribution in [1.82, 2.24) is 0 Å². The zero-order valence-electron chi connectivity index (χ0n) is 7.01. The molecular weight excluding hydrogens is 144 g/mol. The molecule has 0 spiro atoms. The Morgan fingerprint density at radius 2 is 1.82 bits per heavy atom. The molecule has 0 aliphatic rings. The molecule has 0 saturated heterocycles. The molecule has 3 nitrogen and oxygen atoms in total. The number of carbonyl (C=O) groups is 2. The van der Waals surface area contributed by atoms with E-state index in [2.05, 4.69) is 6.58 Å². The minimum absolute atomic E-state index is 0.154. The van der Waals surface area contributed by atoms with Gasteiger partial charge in [0.15, 0.2) is 5.78 Å². The van der Waals surface area contributed by atoms with Crippen LogP contribution < -0.4 is 0 Å². The van der Waals surface area contributed by atoms with Crippen LogP contribution in [-0.4, -0.2) is 17.9 Å². The van der Waals surface area contributed by atoms with Crippen molar-refractivity contribution in [2.75, 3.05) is 0 Å². The summed E-state index contributed by atoms with van der Waals surface area (Å²) in [6.07, 6.45) is -0.509. The summed E-state index contributed by atoms with van der Waals surface area (Å²) in [5.41, 5.74) is 0.320. The Kier molecular flexibility index (Phi) is 3.51. The van der Waals surface area contributed by atoms with Gasteiger partial charge in [0.25, 0.3) is 0 Å². The third-order valence-electron chi connectivity index (χ3n) is 1.29. The number of rotatable bonds is 3. The van der Waals surface area contributed by atoms with Crippen LogP contribution in [0.2, 0.25) is 0 Å². The molecule has 0 radical (unpaired) electrons. The van der Waals surface area contributed by atoms with Crippen LogP contribution in [0, 0.1) is 0 Å². The summed E-state index contributed by atoms with van der Waals surface area (Å²) in [4.78, 5) is 21.1. The lowest BCUT2D eigenvalue weighted by Gasteiger charge is -2.11. The van der Waals surface area contributed by atoms with Gasteiger partial charge in [-0.1, -0.05) is 6.58 Å². The van der Waals surface area contributed by atoms with Gasteiger partial charge in [-0.05, 0) is 13.8 Å². The lowest BCUT2D eigenvalue weighted by molar-refractivity contribution is -0.144. The molecule has 0 bridgehead atoms. The van der Waals surface area contributed by atoms with E-state index in [0.29, 0.717) is 5.57 Å². The predicted molar refractivity (Wildman–Crippen MR) is 41.0 cm³/mol. The van der Waals surface area contributed by atoms with Crippen LogP contribution in [0.3, 0.4) is 0 Å². The number of esters is 1. The number of carbonyl (C=O) groups excluding carboxylic acids is 2. The van der Waals surface area contributed by atoms with Crippen molar-refractivity contribution in [2.24, 2.45) is 0 Å². The third-order valence-corrected chi connectivity index (χ3v) is 1.29. The Morgan fingerprint density at radius 3 is 2.09 bits per heavy atom. The largest absolute Gasteiger partial charge is 0.458 e. The second kappa shape index (κ2) is 3.91. The number of ketones is 1. The van der Waals surface area contributed by atoms with Gasteiger partial charge in [-0.3, -0.25) is 9.59 Å². The molecule has 0 rings (SSSR count). The van der Waals surface area contributed by atoms with Crippen molar-refractivity contribution in [3.05, 3.63) is 12.2 Å². The fraction of sp³-hybridized carbons (Fsp3) is 0.500. The van der Waals surface area contributed by atoms with Gasteiger partial charge in [-0.2, -0.15) is 0 Å². The maximum Gasteiger partial charge on any atom is 0.303 e. The van der Waals surface area contributed by atoms with E-state index in [1.54, 1.807) is 6.92 Å². The molecule has 11 heavy (non-hydrogen) atoms. The van der Waals surface area contributed by atoms with E-state index >= 15 is 0 Å². The summed E-state index contributed by atoms with van der Waals surface area (Å²) in [6, 6.07) is 0. The normalized spacial score (nSPS) is 11.9. The van der Waals surface area contributed by atoms with Gasteiger partial charge in [-0.15, -0.1) is 0 Å². The molecule has 1 unspecified atom stereocenters. The zero-order valence-corrected chi connectivity index (χ0v) is 7.01. The topological polar surface area (TPSA) is 43.4 Å². The van der Waals surface area contributed by atoms with Gasteiger partial charge in [-0.25, -0.2) is 0 Å². The lowest BCUT2D eigenvalue weighted by Crippen LogP contribution is -2.18. The molecule has 0 aliphatic heterocycles. The fourth-order valence-corrected chi connectivity index (χ4v) is 0.606. The first-order chi connectivity index (χ1) is 4.95. The second-order valence-electron chi connectivity index (χ2n) is 2.33. The number of Topliss-reactive ketones (excluding diaryl/α,β-unsaturated/α-hetero) is 1. The van der Waals surface area contributed by atoms with Gasteiger partial charge in [0.1, 0.15) is 6.10 Å². The van der Waals surface area contributed by atoms with Crippen molar-refractivity contribution in [1.29, 1.82) is 0 Å². The molecule has 0 amide bonds. The number of ether oxygens (including phenoxy) is 1. The summed E-state index contributed by atoms with van der Waals surface area (Å²) in [5, 5.41) is 0. The van der Waals surface area contributed by atoms with E-state index in [1.807, 2.05) is 0 Å². The Balaban J connectivity index is 4.03. The standard InChI is InChI=1S/C8H12O3/c1-5(6(2)9)7(3)11-8(4)10/h7H,1H2,2-4H3. The molecule has 1 atom stereocenters. The second-order valence-corrected chi connectivity index (χ2v) is 2.33. The van der Waals surface area contributed by atoms with E-state index < -0.39 is 12.1 Å². The molecule has 62 valence electrons. The highest BCUT2D eigenvalue weighted by Gasteiger charge is 2.12. The van der Waals surface area contributed by atoms with Crippen LogP contribution in [0.15, 0.2) is 12.2 Å². The predicted octanol–water partition coefficient (Wildman–Crippen LogP) is 1.08. The fourth-order valence-electron chi connectivity index (χ4n) is 0.606. The van der Waals surface area contributed by atoms with Gasteiger partial charge < -0.3 is 4.74 Å². The van der Waals surface area contributed by atoms with Gasteiger partial charge in [0.05, 0.1) is 0 Å². The molecule has 0 aromatic carbocycles. The third kappa shape index (κ3) is 3.55. The molecule has 0 heterocycles. The van der Waals surface area contributed by atoms with Crippen LogP contribution in [0.5, 0.6) is 0 Å². The Labute approximate surface area is 66.0 Å². The highest BCUT2D eigenvalue weighted by molar-refractivity contribution is 5.93. The minimum Gasteiger partial charge on any atom is -0.458 e. The smallest absolute Gasteiger partial charge is 0.303 e. The number of hydrogen-bond donors (Lipinski definition) is 0. The summed E-state index contributed by atoms with van der Waals surface area (Å²) in [6.45, 7) is 7.78. The van der Waals surface area contributed by atoms with E-state index in [4.69, 9.17) is 4.74 Å². The first-order valence-electron chi connectivity index (χ1n) is 3.32. The first-order valence-corrected chi connectivity index (χ1v) is 3.32. The van der Waals surface area contributed by atoms with Gasteiger partial charge in [0, 0.05) is 12.5 Å². The summed E-state index contributed by atoms with van der Waals surface area (Å²) < 4.78 is 4.71. The van der Waals surface area contributed by atoms with Crippen LogP contribution >= 0.6 is 0 Å². The zero-order chi connectivity index (χ0) is 9.02. The Morgan fingerprint density at radius 1 is 1.36 bits per heavy atom. The average Bonchev–Trinajstić information content (AvgIpc) is 1.84. The van der Waals surface area contributed by atoms with Crippen molar-refractivity contribution in [3.8, 4) is 0 Å². The van der Waals surface area contributed by atoms with Crippen LogP contribution in [-0.2, 0) is 14.3 Å². The molecule has 0 aromatic rings. The van der Waals surface area contributed by atoms with Crippen LogP contribution in [0.4, 0.5) is 0 Å². The summed E-state index contributed by atoms with van der Waals surface area (Å²) in [5.74, 6) is -0.557. The molecule has 0 aromatic heterocycles. The molecular formula is C8H12O3. The van der Waals surface area contributed by atoms with Crippen molar-refractivity contribution >= 4 is 11.8 Å². The Bertz CT molecular complexity index is 194. The Hall–Kier alpha value is -1.12. The molecule has 3 heteroatoms. The lowest BCUT2D eigenvalue weighted by atomic mass is 10.1. The van der Waals surface area contributed by atoms with Crippen LogP contribution in [0.25, 0.3) is 0 Å². The van der Waals surface area contributed by atoms with Crippen LogP contribution in [0.1, 0.15) is 20.8 Å². The summed E-state index contributed by atoms with van der Waals surface area (Å²) in [7, 11) is 0. The SMILES string of the molecule is C=C(C(C)=O)C(C)OC(C)=O. The quantitative estimate of drug-likeness (QED) is 0.453. The molecule has 0 aliphatic carbocycles. The van der Waals surface area contributed by atoms with Crippen molar-refractivity contribution < 1.29 is 14.3 Å². The maximum atomic E-state index is 10.7. The summed E-state index contributed by atoms with van der Waals surface area (Å²) >= 11 is 0. The van der Waals surface area contributed by atoms with E-state index in [-0.39, 0.29) is 5.78 Å². The molecule has 0 saturated carbocycles. The minimum atomic E-state index is -0.509. The monoisotopic (exact) mass is 156 g/mol. The maximum absolute atomic E-state index is 10.7. The first kappa shape index (κ1) is 9.88. The highest BCUT2D eigenvalue weighted by atomic mass is 16.5. The molecule has 0 N–H and O–H groups in total. The highest BCUT2D eigenvalue weighted by Crippen LogP contribution is 2.04. The van der Waals surface area contributed by atoms with Crippen molar-refractivity contribution in [3.63, 3.8) is 0 Å². The van der Waals surface area contributed by atoms with Gasteiger partial charge in [0.2, 0.25) is 0 Å². The average molecular weight is 156 g/mol. The number of hydrogen-bond acceptors (Lipinski definition) is 3. The van der Waals surface area contributed by atoms with E-state index in [0.717, 1.165) is 0 Å². The van der Waals surface area contributed by atoms with E-state index in [9.17, 15) is 9.59 Å². The van der Waals surface area contributed by atoms with E-state index in [1.165, 1.54) is 13.8 Å². The molecule has 0 fully saturated rings. The van der Waals surface area contributed by atoms with Gasteiger partial charge >= 0.3 is 5.97 Å². The van der Waals surface area contributed by atoms with Crippen molar-refractivity contribution in [2.45, 2.75) is 26.9 Å².